The van der Waals surface area contributed by atoms with Gasteiger partial charge < -0.3 is 5.32 Å². The molecule has 0 radical (unpaired) electrons. The van der Waals surface area contributed by atoms with Crippen LogP contribution in [0.5, 0.6) is 0 Å². The normalized spacial score (nSPS) is 17.2. The first-order chi connectivity index (χ1) is 9.24. The summed E-state index contributed by atoms with van der Waals surface area (Å²) in [6.07, 6.45) is 4.77. The quantitative estimate of drug-likeness (QED) is 0.911. The lowest BCUT2D eigenvalue weighted by molar-refractivity contribution is 0.352. The summed E-state index contributed by atoms with van der Waals surface area (Å²) >= 11 is 0. The van der Waals surface area contributed by atoms with E-state index in [9.17, 15) is 0 Å². The third-order valence-corrected chi connectivity index (χ3v) is 3.99. The molecule has 0 bridgehead atoms. The van der Waals surface area contributed by atoms with E-state index >= 15 is 0 Å². The summed E-state index contributed by atoms with van der Waals surface area (Å²) < 4.78 is 2.09. The zero-order valence-corrected chi connectivity index (χ0v) is 11.7. The Hall–Kier alpha value is -1.49. The number of rotatable bonds is 3. The lowest BCUT2D eigenvalue weighted by atomic mass is 9.93. The second kappa shape index (κ2) is 5.25. The molecule has 2 aromatic heterocycles. The number of hydrogen-bond acceptors (Lipinski definition) is 4. The van der Waals surface area contributed by atoms with E-state index < -0.39 is 0 Å². The van der Waals surface area contributed by atoms with Gasteiger partial charge in [0.2, 0.25) is 0 Å². The van der Waals surface area contributed by atoms with E-state index in [1.807, 2.05) is 6.92 Å². The molecule has 2 aromatic rings. The molecule has 1 aliphatic heterocycles. The molecule has 0 aliphatic carbocycles. The standard InChI is InChI=1S/C14H21N5/c1-10-9-11(2)19-13(17-18-14(19)16-10)4-3-12-5-7-15-8-6-12/h9,12,15H,3-8H2,1-2H3. The third-order valence-electron chi connectivity index (χ3n) is 3.99. The molecule has 1 fully saturated rings. The molecule has 5 heteroatoms. The topological polar surface area (TPSA) is 55.1 Å². The Labute approximate surface area is 113 Å². The minimum atomic E-state index is 0.734. The van der Waals surface area contributed by atoms with Gasteiger partial charge in [-0.25, -0.2) is 4.98 Å². The van der Waals surface area contributed by atoms with Crippen molar-refractivity contribution in [2.75, 3.05) is 13.1 Å². The van der Waals surface area contributed by atoms with Crippen LogP contribution >= 0.6 is 0 Å². The van der Waals surface area contributed by atoms with Gasteiger partial charge in [0.05, 0.1) is 0 Å². The van der Waals surface area contributed by atoms with Gasteiger partial charge in [0.1, 0.15) is 5.82 Å². The van der Waals surface area contributed by atoms with Crippen molar-refractivity contribution >= 4 is 5.78 Å². The summed E-state index contributed by atoms with van der Waals surface area (Å²) in [5.41, 5.74) is 2.18. The SMILES string of the molecule is Cc1cc(C)n2c(CCC3CCNCC3)nnc2n1. The van der Waals surface area contributed by atoms with E-state index in [0.717, 1.165) is 42.7 Å². The van der Waals surface area contributed by atoms with Crippen molar-refractivity contribution in [3.63, 3.8) is 0 Å². The molecule has 3 rings (SSSR count). The van der Waals surface area contributed by atoms with E-state index in [0.29, 0.717) is 0 Å². The summed E-state index contributed by atoms with van der Waals surface area (Å²) in [6.45, 7) is 6.41. The van der Waals surface area contributed by atoms with Crippen LogP contribution in [0.15, 0.2) is 6.07 Å². The predicted molar refractivity (Wildman–Crippen MR) is 74.2 cm³/mol. The van der Waals surface area contributed by atoms with Crippen LogP contribution in [0.1, 0.15) is 36.5 Å². The molecule has 1 saturated heterocycles. The van der Waals surface area contributed by atoms with Crippen molar-refractivity contribution in [2.45, 2.75) is 39.5 Å². The lowest BCUT2D eigenvalue weighted by Crippen LogP contribution is -2.28. The molecule has 0 saturated carbocycles. The minimum absolute atomic E-state index is 0.734. The molecule has 19 heavy (non-hydrogen) atoms. The molecule has 102 valence electrons. The van der Waals surface area contributed by atoms with Crippen LogP contribution in [0.4, 0.5) is 0 Å². The monoisotopic (exact) mass is 259 g/mol. The van der Waals surface area contributed by atoms with E-state index in [1.54, 1.807) is 0 Å². The Bertz CT molecular complexity index is 568. The molecule has 1 aliphatic rings. The van der Waals surface area contributed by atoms with Gasteiger partial charge in [-0.2, -0.15) is 0 Å². The summed E-state index contributed by atoms with van der Waals surface area (Å²) in [5.74, 6) is 2.61. The van der Waals surface area contributed by atoms with Gasteiger partial charge in [0.25, 0.3) is 5.78 Å². The Morgan fingerprint density at radius 3 is 2.84 bits per heavy atom. The van der Waals surface area contributed by atoms with Crippen molar-refractivity contribution in [3.05, 3.63) is 23.3 Å². The molecule has 0 aromatic carbocycles. The smallest absolute Gasteiger partial charge is 0.255 e. The number of piperidine rings is 1. The number of aromatic nitrogens is 4. The van der Waals surface area contributed by atoms with E-state index in [4.69, 9.17) is 0 Å². The van der Waals surface area contributed by atoms with Crippen molar-refractivity contribution < 1.29 is 0 Å². The molecule has 0 atom stereocenters. The maximum atomic E-state index is 4.43. The predicted octanol–water partition coefficient (Wildman–Crippen LogP) is 1.67. The van der Waals surface area contributed by atoms with Crippen molar-refractivity contribution in [3.8, 4) is 0 Å². The molecular weight excluding hydrogens is 238 g/mol. The van der Waals surface area contributed by atoms with Gasteiger partial charge in [0, 0.05) is 17.8 Å². The van der Waals surface area contributed by atoms with Crippen LogP contribution in [0, 0.1) is 19.8 Å². The number of hydrogen-bond donors (Lipinski definition) is 1. The molecule has 0 unspecified atom stereocenters. The second-order valence-electron chi connectivity index (χ2n) is 5.52. The van der Waals surface area contributed by atoms with Crippen molar-refractivity contribution in [2.24, 2.45) is 5.92 Å². The highest BCUT2D eigenvalue weighted by Crippen LogP contribution is 2.19. The average molecular weight is 259 g/mol. The first-order valence-electron chi connectivity index (χ1n) is 7.13. The van der Waals surface area contributed by atoms with Gasteiger partial charge in [-0.15, -0.1) is 10.2 Å². The molecule has 5 nitrogen and oxygen atoms in total. The average Bonchev–Trinajstić information content (AvgIpc) is 2.81. The van der Waals surface area contributed by atoms with E-state index in [-0.39, 0.29) is 0 Å². The van der Waals surface area contributed by atoms with Crippen LogP contribution in [0.3, 0.4) is 0 Å². The Balaban J connectivity index is 1.77. The van der Waals surface area contributed by atoms with E-state index in [2.05, 4.69) is 37.9 Å². The molecular formula is C14H21N5. The number of nitrogens with one attached hydrogen (secondary N) is 1. The van der Waals surface area contributed by atoms with Gasteiger partial charge in [-0.05, 0) is 58.2 Å². The Morgan fingerprint density at radius 2 is 2.05 bits per heavy atom. The van der Waals surface area contributed by atoms with E-state index in [1.165, 1.54) is 25.0 Å². The zero-order chi connectivity index (χ0) is 13.2. The fourth-order valence-electron chi connectivity index (χ4n) is 2.96. The molecule has 0 amide bonds. The molecule has 3 heterocycles. The van der Waals surface area contributed by atoms with Crippen LogP contribution in [-0.2, 0) is 6.42 Å². The molecule has 0 spiro atoms. The summed E-state index contributed by atoms with van der Waals surface area (Å²) in [6, 6.07) is 2.09. The fraction of sp³-hybridized carbons (Fsp3) is 0.643. The minimum Gasteiger partial charge on any atom is -0.317 e. The maximum absolute atomic E-state index is 4.43. The maximum Gasteiger partial charge on any atom is 0.255 e. The van der Waals surface area contributed by atoms with Crippen LogP contribution < -0.4 is 5.32 Å². The zero-order valence-electron chi connectivity index (χ0n) is 11.7. The van der Waals surface area contributed by atoms with Gasteiger partial charge in [-0.1, -0.05) is 0 Å². The summed E-state index contributed by atoms with van der Waals surface area (Å²) in [4.78, 5) is 4.43. The van der Waals surface area contributed by atoms with Gasteiger partial charge in [-0.3, -0.25) is 4.40 Å². The number of nitrogens with zero attached hydrogens (tertiary/aromatic N) is 4. The first-order valence-corrected chi connectivity index (χ1v) is 7.13. The fourth-order valence-corrected chi connectivity index (χ4v) is 2.96. The second-order valence-corrected chi connectivity index (χ2v) is 5.52. The number of fused-ring (bicyclic) bond motifs is 1. The highest BCUT2D eigenvalue weighted by atomic mass is 15.3. The third kappa shape index (κ3) is 2.61. The first kappa shape index (κ1) is 12.5. The highest BCUT2D eigenvalue weighted by molar-refractivity contribution is 5.32. The lowest BCUT2D eigenvalue weighted by Gasteiger charge is -2.22. The van der Waals surface area contributed by atoms with Crippen molar-refractivity contribution in [1.82, 2.24) is 24.9 Å². The van der Waals surface area contributed by atoms with Crippen LogP contribution in [0.25, 0.3) is 5.78 Å². The van der Waals surface area contributed by atoms with Crippen molar-refractivity contribution in [1.29, 1.82) is 0 Å². The highest BCUT2D eigenvalue weighted by Gasteiger charge is 2.15. The molecule has 1 N–H and O–H groups in total. The largest absolute Gasteiger partial charge is 0.317 e. The number of aryl methyl sites for hydroxylation is 3. The van der Waals surface area contributed by atoms with Crippen LogP contribution in [0.2, 0.25) is 0 Å². The summed E-state index contributed by atoms with van der Waals surface area (Å²) in [5, 5.41) is 11.9. The van der Waals surface area contributed by atoms with Gasteiger partial charge in [0.15, 0.2) is 0 Å². The Morgan fingerprint density at radius 1 is 1.26 bits per heavy atom. The van der Waals surface area contributed by atoms with Crippen LogP contribution in [-0.4, -0.2) is 32.7 Å². The summed E-state index contributed by atoms with van der Waals surface area (Å²) in [7, 11) is 0. The Kier molecular flexibility index (Phi) is 3.46. The van der Waals surface area contributed by atoms with Gasteiger partial charge >= 0.3 is 0 Å².